The zero-order valence-electron chi connectivity index (χ0n) is 6.89. The number of nitrogen functional groups attached to an aromatic ring is 2. The third-order valence-electron chi connectivity index (χ3n) is 1.69. The molecule has 7 heteroatoms. The molecule has 0 saturated carbocycles. The van der Waals surface area contributed by atoms with Gasteiger partial charge < -0.3 is 11.5 Å². The monoisotopic (exact) mass is 196 g/mol. The second kappa shape index (κ2) is 2.49. The number of rotatable bonds is 0. The molecule has 13 heavy (non-hydrogen) atoms. The lowest BCUT2D eigenvalue weighted by Gasteiger charge is -1.96. The van der Waals surface area contributed by atoms with Crippen LogP contribution in [0.2, 0.25) is 0 Å². The summed E-state index contributed by atoms with van der Waals surface area (Å²) in [6, 6.07) is 0. The van der Waals surface area contributed by atoms with Crippen molar-refractivity contribution >= 4 is 35.7 Å². The summed E-state index contributed by atoms with van der Waals surface area (Å²) in [6.07, 6.45) is 0. The van der Waals surface area contributed by atoms with Crippen molar-refractivity contribution < 1.29 is 0 Å². The maximum absolute atomic E-state index is 5.60. The number of thiol groups is 1. The minimum absolute atomic E-state index is 0.125. The van der Waals surface area contributed by atoms with E-state index in [0.29, 0.717) is 17.0 Å². The number of hydrogen-bond donors (Lipinski definition) is 3. The summed E-state index contributed by atoms with van der Waals surface area (Å²) in [5, 5.41) is 0. The van der Waals surface area contributed by atoms with Crippen molar-refractivity contribution in [1.29, 1.82) is 0 Å². The van der Waals surface area contributed by atoms with Crippen molar-refractivity contribution in [2.75, 3.05) is 11.5 Å². The van der Waals surface area contributed by atoms with Crippen molar-refractivity contribution in [3.8, 4) is 0 Å². The summed E-state index contributed by atoms with van der Waals surface area (Å²) in [4.78, 5) is 11.9. The first-order chi connectivity index (χ1) is 6.09. The molecule has 2 aromatic rings. The molecule has 0 aromatic carbocycles. The molecule has 0 aliphatic heterocycles. The molecule has 0 atom stereocenters. The first-order valence-corrected chi connectivity index (χ1v) is 3.97. The number of nitrogens with two attached hydrogens (primary N) is 2. The fourth-order valence-electron chi connectivity index (χ4n) is 1.09. The lowest BCUT2D eigenvalue weighted by Crippen LogP contribution is -2.00. The Bertz CT molecular complexity index is 475. The third-order valence-corrected chi connectivity index (χ3v) is 2.17. The predicted octanol–water partition coefficient (Wildman–Crippen LogP) is -0.00798. The second-order valence-corrected chi connectivity index (χ2v) is 3.01. The molecule has 0 spiro atoms. The van der Waals surface area contributed by atoms with Gasteiger partial charge in [-0.2, -0.15) is 9.97 Å². The molecule has 0 amide bonds. The highest BCUT2D eigenvalue weighted by molar-refractivity contribution is 7.78. The van der Waals surface area contributed by atoms with Gasteiger partial charge in [-0.25, -0.2) is 4.98 Å². The Morgan fingerprint density at radius 2 is 1.92 bits per heavy atom. The summed E-state index contributed by atoms with van der Waals surface area (Å²) in [7, 11) is 0. The van der Waals surface area contributed by atoms with Gasteiger partial charge in [0, 0.05) is 0 Å². The zero-order valence-corrected chi connectivity index (χ0v) is 7.79. The quantitative estimate of drug-likeness (QED) is 0.515. The van der Waals surface area contributed by atoms with Gasteiger partial charge in [0.05, 0.1) is 0 Å². The van der Waals surface area contributed by atoms with Crippen LogP contribution in [0.4, 0.5) is 11.8 Å². The molecule has 0 fully saturated rings. The average Bonchev–Trinajstić information content (AvgIpc) is 2.32. The summed E-state index contributed by atoms with van der Waals surface area (Å²) < 4.78 is 1.52. The zero-order chi connectivity index (χ0) is 9.59. The Morgan fingerprint density at radius 3 is 2.62 bits per heavy atom. The van der Waals surface area contributed by atoms with Crippen molar-refractivity contribution in [3.05, 3.63) is 5.82 Å². The van der Waals surface area contributed by atoms with Gasteiger partial charge in [-0.15, -0.1) is 0 Å². The van der Waals surface area contributed by atoms with E-state index in [2.05, 4.69) is 27.8 Å². The number of aromatic nitrogens is 4. The molecule has 2 rings (SSSR count). The number of imidazole rings is 1. The Morgan fingerprint density at radius 1 is 1.23 bits per heavy atom. The van der Waals surface area contributed by atoms with Gasteiger partial charge in [-0.3, -0.25) is 3.97 Å². The summed E-state index contributed by atoms with van der Waals surface area (Å²) >= 11 is 4.16. The van der Waals surface area contributed by atoms with Crippen LogP contribution in [0.1, 0.15) is 5.82 Å². The van der Waals surface area contributed by atoms with E-state index in [1.54, 1.807) is 6.92 Å². The number of anilines is 2. The van der Waals surface area contributed by atoms with Crippen molar-refractivity contribution in [1.82, 2.24) is 18.9 Å². The molecule has 68 valence electrons. The molecule has 4 N–H and O–H groups in total. The molecule has 0 aliphatic rings. The Hall–Kier alpha value is -1.50. The van der Waals surface area contributed by atoms with E-state index < -0.39 is 0 Å². The van der Waals surface area contributed by atoms with Crippen molar-refractivity contribution in [3.63, 3.8) is 0 Å². The van der Waals surface area contributed by atoms with Crippen molar-refractivity contribution in [2.24, 2.45) is 0 Å². The highest BCUT2D eigenvalue weighted by Gasteiger charge is 2.10. The summed E-state index contributed by atoms with van der Waals surface area (Å²) in [6.45, 7) is 1.80. The number of fused-ring (bicyclic) bond motifs is 1. The van der Waals surface area contributed by atoms with Gasteiger partial charge in [0.1, 0.15) is 5.82 Å². The fraction of sp³-hybridized carbons (Fsp3) is 0.167. The van der Waals surface area contributed by atoms with Crippen LogP contribution in [0.15, 0.2) is 0 Å². The average molecular weight is 196 g/mol. The number of nitrogens with zero attached hydrogens (tertiary/aromatic N) is 4. The van der Waals surface area contributed by atoms with E-state index >= 15 is 0 Å². The fourth-order valence-corrected chi connectivity index (χ4v) is 1.28. The molecular weight excluding hydrogens is 188 g/mol. The molecule has 0 bridgehead atoms. The first-order valence-electron chi connectivity index (χ1n) is 3.57. The lowest BCUT2D eigenvalue weighted by atomic mass is 10.5. The van der Waals surface area contributed by atoms with E-state index in [4.69, 9.17) is 11.5 Å². The Balaban J connectivity index is 2.94. The maximum atomic E-state index is 5.60. The normalized spacial score (nSPS) is 10.9. The molecule has 6 nitrogen and oxygen atoms in total. The standard InChI is InChI=1S/C6H8N6S/c1-2-9-3-4(7)10-6(8)11-5(3)12(2)13/h13H,1H3,(H4,7,8,10,11). The first kappa shape index (κ1) is 8.11. The Labute approximate surface area is 79.5 Å². The van der Waals surface area contributed by atoms with Crippen LogP contribution in [0.25, 0.3) is 11.2 Å². The van der Waals surface area contributed by atoms with Crippen LogP contribution in [-0.2, 0) is 0 Å². The van der Waals surface area contributed by atoms with Gasteiger partial charge in [0.2, 0.25) is 5.95 Å². The lowest BCUT2D eigenvalue weighted by molar-refractivity contribution is 1.11. The van der Waals surface area contributed by atoms with Crippen LogP contribution in [0.5, 0.6) is 0 Å². The molecule has 0 unspecified atom stereocenters. The summed E-state index contributed by atoms with van der Waals surface area (Å²) in [5.41, 5.74) is 12.1. The highest BCUT2D eigenvalue weighted by atomic mass is 32.1. The molecule has 0 aliphatic carbocycles. The molecular formula is C6H8N6S. The number of hydrogen-bond acceptors (Lipinski definition) is 6. The van der Waals surface area contributed by atoms with E-state index in [1.807, 2.05) is 0 Å². The van der Waals surface area contributed by atoms with Crippen molar-refractivity contribution in [2.45, 2.75) is 6.92 Å². The highest BCUT2D eigenvalue weighted by Crippen LogP contribution is 2.19. The van der Waals surface area contributed by atoms with Crippen LogP contribution in [-0.4, -0.2) is 18.9 Å². The minimum atomic E-state index is 0.125. The minimum Gasteiger partial charge on any atom is -0.382 e. The van der Waals surface area contributed by atoms with E-state index in [0.717, 1.165) is 0 Å². The van der Waals surface area contributed by atoms with Gasteiger partial charge in [-0.1, -0.05) is 12.8 Å². The van der Waals surface area contributed by atoms with E-state index in [1.165, 1.54) is 3.97 Å². The van der Waals surface area contributed by atoms with E-state index in [-0.39, 0.29) is 11.8 Å². The van der Waals surface area contributed by atoms with Gasteiger partial charge >= 0.3 is 0 Å². The number of aryl methyl sites for hydroxylation is 1. The maximum Gasteiger partial charge on any atom is 0.224 e. The Kier molecular flexibility index (Phi) is 1.56. The topological polar surface area (TPSA) is 95.6 Å². The summed E-state index contributed by atoms with van der Waals surface area (Å²) in [5.74, 6) is 1.10. The molecule has 2 heterocycles. The van der Waals surface area contributed by atoms with Crippen LogP contribution < -0.4 is 11.5 Å². The van der Waals surface area contributed by atoms with Crippen LogP contribution >= 0.6 is 12.8 Å². The van der Waals surface area contributed by atoms with Crippen LogP contribution in [0, 0.1) is 6.92 Å². The van der Waals surface area contributed by atoms with E-state index in [9.17, 15) is 0 Å². The van der Waals surface area contributed by atoms with Gasteiger partial charge in [0.15, 0.2) is 17.0 Å². The third kappa shape index (κ3) is 1.08. The predicted molar refractivity (Wildman–Crippen MR) is 53.3 cm³/mol. The van der Waals surface area contributed by atoms with Gasteiger partial charge in [-0.05, 0) is 6.92 Å². The smallest absolute Gasteiger partial charge is 0.224 e. The molecule has 0 saturated heterocycles. The molecule has 0 radical (unpaired) electrons. The van der Waals surface area contributed by atoms with Crippen LogP contribution in [0.3, 0.4) is 0 Å². The largest absolute Gasteiger partial charge is 0.382 e. The SMILES string of the molecule is Cc1nc2c(N)nc(N)nc2n1S. The second-order valence-electron chi connectivity index (χ2n) is 2.61. The van der Waals surface area contributed by atoms with Gasteiger partial charge in [0.25, 0.3) is 0 Å². The molecule has 2 aromatic heterocycles.